The third-order valence-electron chi connectivity index (χ3n) is 0. The Labute approximate surface area is 71.3 Å². The monoisotopic (exact) mass is 149 g/mol. The molecule has 0 amide bonds. The first-order valence-corrected chi connectivity index (χ1v) is 1.22. The van der Waals surface area contributed by atoms with Crippen molar-refractivity contribution in [2.75, 3.05) is 0 Å². The molecular weight excluding hydrogens is 145 g/mol. The van der Waals surface area contributed by atoms with Crippen LogP contribution in [0.1, 0.15) is 0 Å². The second-order valence-corrected chi connectivity index (χ2v) is 0.520. The summed E-state index contributed by atoms with van der Waals surface area (Å²) >= 11 is 0. The molecule has 0 atom stereocenters. The zero-order valence-corrected chi connectivity index (χ0v) is 3.51. The number of carboxylic acid groups (broad SMARTS) is 2. The van der Waals surface area contributed by atoms with Crippen LogP contribution in [0.5, 0.6) is 0 Å². The van der Waals surface area contributed by atoms with Crippen LogP contribution < -0.4 is 0 Å². The van der Waals surface area contributed by atoms with Crippen molar-refractivity contribution < 1.29 is 25.3 Å². The minimum atomic E-state index is -1.83. The topological polar surface area (TPSA) is 121 Å². The molecule has 0 unspecified atom stereocenters. The normalized spacial score (nSPS) is 5.33. The van der Waals surface area contributed by atoms with E-state index < -0.39 is 11.2 Å². The van der Waals surface area contributed by atoms with Crippen LogP contribution in [0.3, 0.4) is 0 Å². The summed E-state index contributed by atoms with van der Waals surface area (Å²) in [5, 5.41) is 27.6. The third kappa shape index (κ3) is 796. The van der Waals surface area contributed by atoms with E-state index in [2.05, 4.69) is 0 Å². The Morgan fingerprint density at radius 2 is 1.44 bits per heavy atom. The zero-order chi connectivity index (χ0) is 7.15. The van der Waals surface area contributed by atoms with Crippen molar-refractivity contribution in [1.29, 1.82) is 0 Å². The molecule has 3 N–H and O–H groups in total. The van der Waals surface area contributed by atoms with Crippen LogP contribution in [-0.4, -0.2) is 56.2 Å². The first-order chi connectivity index (χ1) is 3.46. The van der Waals surface area contributed by atoms with Gasteiger partial charge in [-0.25, -0.2) is 4.79 Å². The molecule has 0 rings (SSSR count). The van der Waals surface area contributed by atoms with Crippen molar-refractivity contribution in [3.63, 3.8) is 0 Å². The van der Waals surface area contributed by atoms with Gasteiger partial charge in [0.05, 0.1) is 0 Å². The van der Waals surface area contributed by atoms with Gasteiger partial charge in [-0.05, 0) is 0 Å². The van der Waals surface area contributed by atoms with E-state index in [9.17, 15) is 0 Å². The maximum atomic E-state index is 8.56. The summed E-state index contributed by atoms with van der Waals surface area (Å²) < 4.78 is 0. The quantitative estimate of drug-likeness (QED) is 0.236. The van der Waals surface area contributed by atoms with E-state index in [1.54, 1.807) is 0 Å². The molecule has 0 aromatic rings. The van der Waals surface area contributed by atoms with Crippen LogP contribution in [0, 0.1) is 10.1 Å². The van der Waals surface area contributed by atoms with Crippen LogP contribution in [0.2, 0.25) is 0 Å². The summed E-state index contributed by atoms with van der Waals surface area (Å²) in [6, 6.07) is 0. The molecule has 0 aliphatic carbocycles. The van der Waals surface area contributed by atoms with E-state index in [4.69, 9.17) is 30.3 Å². The Bertz CT molecular complexity index is 71.1. The maximum absolute atomic E-state index is 8.56. The third-order valence-corrected chi connectivity index (χ3v) is 0. The van der Waals surface area contributed by atoms with E-state index in [0.29, 0.717) is 0 Å². The first kappa shape index (κ1) is 15.8. The fourth-order valence-corrected chi connectivity index (χ4v) is 0. The zero-order valence-electron chi connectivity index (χ0n) is 3.51. The average Bonchev–Trinajstić information content (AvgIpc) is 1.25. The molecule has 0 bridgehead atoms. The number of hydrogen-bond donors (Lipinski definition) is 3. The van der Waals surface area contributed by atoms with E-state index in [0.717, 1.165) is 0 Å². The molecule has 0 spiro atoms. The second kappa shape index (κ2) is 10.5. The molecule has 0 saturated heterocycles. The molecule has 9 heavy (non-hydrogen) atoms. The van der Waals surface area contributed by atoms with Gasteiger partial charge < -0.3 is 15.4 Å². The van der Waals surface area contributed by atoms with Gasteiger partial charge in [0, 0.05) is 0 Å². The van der Waals surface area contributed by atoms with E-state index in [1.807, 2.05) is 0 Å². The van der Waals surface area contributed by atoms with E-state index >= 15 is 0 Å². The molecule has 7 nitrogen and oxygen atoms in total. The van der Waals surface area contributed by atoms with Crippen molar-refractivity contribution >= 4 is 35.7 Å². The van der Waals surface area contributed by atoms with Crippen LogP contribution in [0.25, 0.3) is 0 Å². The predicted molar refractivity (Wildman–Crippen MR) is 26.6 cm³/mol. The van der Waals surface area contributed by atoms with Crippen molar-refractivity contribution in [3.05, 3.63) is 10.1 Å². The summed E-state index contributed by atoms with van der Waals surface area (Å²) in [7, 11) is 0. The average molecular weight is 149 g/mol. The second-order valence-electron chi connectivity index (χ2n) is 0.520. The van der Waals surface area contributed by atoms with Gasteiger partial charge in [0.1, 0.15) is 0 Å². The summed E-state index contributed by atoms with van der Waals surface area (Å²) in [5.41, 5.74) is 0. The molecule has 0 radical (unpaired) electrons. The molecule has 0 heterocycles. The van der Waals surface area contributed by atoms with Gasteiger partial charge in [0.25, 0.3) is 5.09 Å². The fraction of sp³-hybridized carbons (Fsp3) is 0. The SMILES string of the molecule is O=C(O)O.O=[N+]([O-])O.[NaH]. The summed E-state index contributed by atoms with van der Waals surface area (Å²) in [5.74, 6) is 0. The first-order valence-electron chi connectivity index (χ1n) is 1.22. The van der Waals surface area contributed by atoms with Crippen LogP contribution in [0.4, 0.5) is 4.79 Å². The number of rotatable bonds is 0. The number of carbonyl (C=O) groups is 1. The van der Waals surface area contributed by atoms with Crippen LogP contribution >= 0.6 is 0 Å². The predicted octanol–water partition coefficient (Wildman–Crippen LogP) is -0.774. The van der Waals surface area contributed by atoms with Crippen molar-refractivity contribution in [2.45, 2.75) is 0 Å². The van der Waals surface area contributed by atoms with Crippen LogP contribution in [0.15, 0.2) is 0 Å². The van der Waals surface area contributed by atoms with Gasteiger partial charge in [-0.1, -0.05) is 0 Å². The van der Waals surface area contributed by atoms with Crippen molar-refractivity contribution in [3.8, 4) is 0 Å². The van der Waals surface area contributed by atoms with E-state index in [-0.39, 0.29) is 29.6 Å². The Kier molecular flexibility index (Phi) is 18.3. The summed E-state index contributed by atoms with van der Waals surface area (Å²) in [4.78, 5) is 16.9. The Morgan fingerprint density at radius 3 is 1.44 bits per heavy atom. The fourth-order valence-electron chi connectivity index (χ4n) is 0. The molecule has 0 aromatic carbocycles. The van der Waals surface area contributed by atoms with Gasteiger partial charge >= 0.3 is 35.7 Å². The molecule has 0 aliphatic rings. The van der Waals surface area contributed by atoms with Gasteiger partial charge in [-0.3, -0.25) is 0 Å². The molecular formula is CH4NNaO6. The molecule has 0 fully saturated rings. The minimum absolute atomic E-state index is 0. The summed E-state index contributed by atoms with van der Waals surface area (Å²) in [6.45, 7) is 0. The number of hydrogen-bond acceptors (Lipinski definition) is 3. The van der Waals surface area contributed by atoms with Gasteiger partial charge in [0.15, 0.2) is 0 Å². The van der Waals surface area contributed by atoms with Gasteiger partial charge in [-0.2, -0.15) is 0 Å². The summed E-state index contributed by atoms with van der Waals surface area (Å²) in [6.07, 6.45) is -1.83. The number of nitrogens with zero attached hydrogens (tertiary/aromatic N) is 1. The molecule has 0 aliphatic heterocycles. The standard InChI is InChI=1S/CH2O3.HNO3.Na.H/c2*2-1(3)4;;/h(H2,2,3,4);(H,2,3,4);;. The van der Waals surface area contributed by atoms with Crippen molar-refractivity contribution in [2.24, 2.45) is 0 Å². The molecule has 0 saturated carbocycles. The Morgan fingerprint density at radius 1 is 1.44 bits per heavy atom. The van der Waals surface area contributed by atoms with Crippen molar-refractivity contribution in [1.82, 2.24) is 0 Å². The Hall–Kier alpha value is -0.530. The molecule has 50 valence electrons. The van der Waals surface area contributed by atoms with Gasteiger partial charge in [-0.15, -0.1) is 10.1 Å². The van der Waals surface area contributed by atoms with Gasteiger partial charge in [0.2, 0.25) is 0 Å². The Balaban J connectivity index is -0.0000000720. The molecule has 0 aromatic heterocycles. The van der Waals surface area contributed by atoms with E-state index in [1.165, 1.54) is 0 Å². The molecule has 8 heteroatoms. The van der Waals surface area contributed by atoms with Crippen LogP contribution in [-0.2, 0) is 0 Å².